The Kier molecular flexibility index (Phi) is 8.96. The van der Waals surface area contributed by atoms with Gasteiger partial charge in [-0.1, -0.05) is 42.5 Å². The fraction of sp³-hybridized carbons (Fsp3) is 0.235. The molecule has 15 nitrogen and oxygen atoms in total. The van der Waals surface area contributed by atoms with Gasteiger partial charge in [-0.2, -0.15) is 4.80 Å². The Hall–Kier alpha value is -5.36. The number of para-hydroxylation sites is 1. The lowest BCUT2D eigenvalue weighted by atomic mass is 9.93. The normalized spacial score (nSPS) is 16.2. The smallest absolute Gasteiger partial charge is 0.242 e. The summed E-state index contributed by atoms with van der Waals surface area (Å²) in [6.45, 7) is 0.0444. The number of hydrogen-bond acceptors (Lipinski definition) is 12. The quantitative estimate of drug-likeness (QED) is 0.143. The number of hydrogen-bond donors (Lipinski definition) is 4. The van der Waals surface area contributed by atoms with Crippen molar-refractivity contribution in [1.29, 1.82) is 0 Å². The zero-order valence-electron chi connectivity index (χ0n) is 27.6. The van der Waals surface area contributed by atoms with Crippen molar-refractivity contribution in [2.24, 2.45) is 5.73 Å². The Morgan fingerprint density at radius 3 is 2.20 bits per heavy atom. The third-order valence-electron chi connectivity index (χ3n) is 8.88. The summed E-state index contributed by atoms with van der Waals surface area (Å²) < 4.78 is 70.9. The summed E-state index contributed by atoms with van der Waals surface area (Å²) >= 11 is 0. The Labute approximate surface area is 294 Å². The van der Waals surface area contributed by atoms with Crippen LogP contribution in [0, 0.1) is 0 Å². The van der Waals surface area contributed by atoms with Crippen LogP contribution in [0.5, 0.6) is 11.5 Å². The molecule has 1 fully saturated rings. The third-order valence-corrected chi connectivity index (χ3v) is 12.7. The highest BCUT2D eigenvalue weighted by molar-refractivity contribution is 7.94. The monoisotopic (exact) mass is 729 g/mol. The summed E-state index contributed by atoms with van der Waals surface area (Å²) in [6, 6.07) is 21.9. The first kappa shape index (κ1) is 34.1. The maximum absolute atomic E-state index is 14.6. The lowest BCUT2D eigenvalue weighted by molar-refractivity contribution is 0.408. The van der Waals surface area contributed by atoms with E-state index in [2.05, 4.69) is 30.1 Å². The number of rotatable bonds is 12. The Bertz CT molecular complexity index is 2440. The van der Waals surface area contributed by atoms with Gasteiger partial charge in [0, 0.05) is 18.2 Å². The van der Waals surface area contributed by atoms with Crippen molar-refractivity contribution >= 4 is 36.8 Å². The molecule has 0 amide bonds. The maximum Gasteiger partial charge on any atom is 0.242 e. The average Bonchev–Trinajstić information content (AvgIpc) is 3.74. The van der Waals surface area contributed by atoms with E-state index >= 15 is 0 Å². The fourth-order valence-corrected chi connectivity index (χ4v) is 10.1. The number of imidazole rings is 1. The molecule has 0 saturated heterocycles. The first-order chi connectivity index (χ1) is 24.5. The van der Waals surface area contributed by atoms with E-state index in [0.29, 0.717) is 39.2 Å². The molecular weight excluding hydrogens is 695 g/mol. The van der Waals surface area contributed by atoms with Gasteiger partial charge in [-0.25, -0.2) is 26.5 Å². The minimum atomic E-state index is -4.61. The van der Waals surface area contributed by atoms with E-state index in [1.54, 1.807) is 67.8 Å². The molecule has 264 valence electrons. The summed E-state index contributed by atoms with van der Waals surface area (Å²) in [7, 11) is -5.71. The minimum absolute atomic E-state index is 0.0522. The number of benzene rings is 4. The molecule has 6 aromatic rings. The zero-order valence-corrected chi connectivity index (χ0v) is 29.3. The molecule has 2 heterocycles. The van der Waals surface area contributed by atoms with E-state index in [-0.39, 0.29) is 54.2 Å². The van der Waals surface area contributed by atoms with Crippen LogP contribution in [-0.4, -0.2) is 72.5 Å². The molecule has 1 aliphatic carbocycles. The van der Waals surface area contributed by atoms with Gasteiger partial charge in [-0.3, -0.25) is 0 Å². The Balaban J connectivity index is 1.44. The summed E-state index contributed by atoms with van der Waals surface area (Å²) in [6.07, 6.45) is 0.391. The Morgan fingerprint density at radius 2 is 1.55 bits per heavy atom. The highest BCUT2D eigenvalue weighted by atomic mass is 32.2. The molecule has 0 spiro atoms. The number of sulfone groups is 1. The van der Waals surface area contributed by atoms with E-state index in [1.807, 2.05) is 12.1 Å². The lowest BCUT2D eigenvalue weighted by Crippen LogP contribution is -2.45. The van der Waals surface area contributed by atoms with Crippen LogP contribution in [0.15, 0.2) is 88.7 Å². The summed E-state index contributed by atoms with van der Waals surface area (Å²) in [4.78, 5) is 7.80. The second kappa shape index (κ2) is 13.4. The van der Waals surface area contributed by atoms with Gasteiger partial charge < -0.3 is 25.9 Å². The number of nitrogens with zero attached hydrogens (tertiary/aromatic N) is 5. The molecule has 0 atom stereocenters. The number of tetrazole rings is 1. The highest BCUT2D eigenvalue weighted by Gasteiger charge is 2.42. The molecule has 0 bridgehead atoms. The largest absolute Gasteiger partial charge is 0.497 e. The van der Waals surface area contributed by atoms with Crippen LogP contribution in [0.25, 0.3) is 33.5 Å². The number of nitrogens with one attached hydrogen (secondary N) is 2. The van der Waals surface area contributed by atoms with Crippen molar-refractivity contribution in [3.8, 4) is 34.0 Å². The van der Waals surface area contributed by atoms with Crippen molar-refractivity contribution in [2.75, 3.05) is 20.0 Å². The van der Waals surface area contributed by atoms with Crippen LogP contribution in [0.3, 0.4) is 0 Å². The van der Waals surface area contributed by atoms with Gasteiger partial charge in [0.25, 0.3) is 0 Å². The topological polar surface area (TPSA) is 223 Å². The first-order valence-corrected chi connectivity index (χ1v) is 18.9. The van der Waals surface area contributed by atoms with Crippen molar-refractivity contribution in [2.45, 2.75) is 47.0 Å². The molecule has 7 rings (SSSR count). The van der Waals surface area contributed by atoms with Gasteiger partial charge in [0.2, 0.25) is 15.8 Å². The van der Waals surface area contributed by atoms with Gasteiger partial charge >= 0.3 is 0 Å². The zero-order chi connectivity index (χ0) is 35.9. The number of aromatic amines is 1. The fourth-order valence-electron chi connectivity index (χ4n) is 6.11. The second-order valence-electron chi connectivity index (χ2n) is 12.2. The van der Waals surface area contributed by atoms with E-state index in [4.69, 9.17) is 20.9 Å². The molecule has 0 unspecified atom stereocenters. The molecule has 2 aromatic heterocycles. The van der Waals surface area contributed by atoms with Crippen LogP contribution in [0.2, 0.25) is 0 Å². The third kappa shape index (κ3) is 6.63. The van der Waals surface area contributed by atoms with E-state index in [0.717, 1.165) is 5.56 Å². The van der Waals surface area contributed by atoms with E-state index in [1.165, 1.54) is 18.0 Å². The van der Waals surface area contributed by atoms with Crippen LogP contribution in [-0.2, 0) is 33.0 Å². The summed E-state index contributed by atoms with van der Waals surface area (Å²) in [5.41, 5.74) is 15.3. The van der Waals surface area contributed by atoms with Gasteiger partial charge in [0.1, 0.15) is 16.4 Å². The SMILES string of the molecule is COc1ccc(CNS(=O)(=O)c2c(S(=O)(=O)C3CC(N)C3)ccc(-c3cccc4nc(N)[nH]c34)c2-c2nnn(Cc3ccc(OC)cc3)n2)cc1. The number of anilines is 1. The van der Waals surface area contributed by atoms with Gasteiger partial charge in [-0.05, 0) is 71.1 Å². The number of nitrogens with two attached hydrogens (primary N) is 2. The number of aromatic nitrogens is 6. The first-order valence-electron chi connectivity index (χ1n) is 15.9. The minimum Gasteiger partial charge on any atom is -0.497 e. The van der Waals surface area contributed by atoms with Crippen molar-refractivity contribution in [3.63, 3.8) is 0 Å². The highest BCUT2D eigenvalue weighted by Crippen LogP contribution is 2.43. The maximum atomic E-state index is 14.6. The lowest BCUT2D eigenvalue weighted by Gasteiger charge is -2.32. The molecule has 0 radical (unpaired) electrons. The second-order valence-corrected chi connectivity index (χ2v) is 16.1. The van der Waals surface area contributed by atoms with Crippen molar-refractivity contribution in [3.05, 3.63) is 90.0 Å². The summed E-state index contributed by atoms with van der Waals surface area (Å²) in [5.74, 6) is 1.32. The van der Waals surface area contributed by atoms with Crippen LogP contribution < -0.4 is 25.7 Å². The number of fused-ring (bicyclic) bond motifs is 1. The average molecular weight is 730 g/mol. The molecular formula is C34H35N9O6S2. The van der Waals surface area contributed by atoms with E-state index < -0.39 is 30.0 Å². The number of ether oxygens (including phenoxy) is 2. The Morgan fingerprint density at radius 1 is 0.882 bits per heavy atom. The predicted octanol–water partition coefficient (Wildman–Crippen LogP) is 3.27. The van der Waals surface area contributed by atoms with Gasteiger partial charge in [0.15, 0.2) is 15.8 Å². The molecule has 0 aliphatic heterocycles. The predicted molar refractivity (Wildman–Crippen MR) is 190 cm³/mol. The number of H-pyrrole nitrogens is 1. The van der Waals surface area contributed by atoms with Crippen LogP contribution >= 0.6 is 0 Å². The number of nitrogen functional groups attached to an aromatic ring is 1. The van der Waals surface area contributed by atoms with Crippen molar-refractivity contribution in [1.82, 2.24) is 34.9 Å². The molecule has 17 heteroatoms. The standard InChI is InChI=1S/C34H35N9O6S2/c1-48-23-10-6-20(7-11-23)18-37-51(46,47)32-29(50(44,45)25-16-22(35)17-25)15-14-26(27-4-3-5-28-31(27)39-34(36)38-28)30(32)33-40-42-43(41-33)19-21-8-12-24(49-2)13-9-21/h3-15,22,25,37H,16-19,35H2,1-2H3,(H3,36,38,39). The van der Waals surface area contributed by atoms with Gasteiger partial charge in [-0.15, -0.1) is 10.2 Å². The van der Waals surface area contributed by atoms with Gasteiger partial charge in [0.05, 0.1) is 47.5 Å². The number of methoxy groups -OCH3 is 2. The number of sulfonamides is 1. The molecule has 1 saturated carbocycles. The van der Waals surface area contributed by atoms with Crippen LogP contribution in [0.4, 0.5) is 5.95 Å². The molecule has 1 aliphatic rings. The molecule has 51 heavy (non-hydrogen) atoms. The molecule has 4 aromatic carbocycles. The van der Waals surface area contributed by atoms with Crippen LogP contribution in [0.1, 0.15) is 24.0 Å². The van der Waals surface area contributed by atoms with E-state index in [9.17, 15) is 16.8 Å². The van der Waals surface area contributed by atoms with Crippen molar-refractivity contribution < 1.29 is 26.3 Å². The summed E-state index contributed by atoms with van der Waals surface area (Å²) in [5, 5.41) is 12.3. The molecule has 6 N–H and O–H groups in total.